The molecule has 1 unspecified atom stereocenters. The standard InChI is InChI=1S/C18H18F2N2O4/c1-24-5-6-26-14-4-3-13(19)15(16(14)20)17(23)12-9-22-18-11(12)7-10(25-2)8-21-18/h3-4,7-9,17,23H,5-6H2,1-2H3,(H,21,22). The molecule has 3 aromatic rings. The molecule has 26 heavy (non-hydrogen) atoms. The van der Waals surface area contributed by atoms with Crippen molar-refractivity contribution in [2.75, 3.05) is 27.4 Å². The minimum absolute atomic E-state index is 0.1000. The third kappa shape index (κ3) is 3.33. The highest BCUT2D eigenvalue weighted by Crippen LogP contribution is 2.35. The molecule has 1 atom stereocenters. The van der Waals surface area contributed by atoms with Crippen LogP contribution in [0.3, 0.4) is 0 Å². The number of nitrogens with one attached hydrogen (secondary N) is 1. The Labute approximate surface area is 148 Å². The van der Waals surface area contributed by atoms with Crippen LogP contribution in [0.5, 0.6) is 11.5 Å². The summed E-state index contributed by atoms with van der Waals surface area (Å²) in [5.41, 5.74) is 0.245. The predicted octanol–water partition coefficient (Wildman–Crippen LogP) is 2.96. The number of methoxy groups -OCH3 is 2. The summed E-state index contributed by atoms with van der Waals surface area (Å²) in [6.07, 6.45) is 1.41. The van der Waals surface area contributed by atoms with E-state index in [9.17, 15) is 13.9 Å². The van der Waals surface area contributed by atoms with E-state index in [1.54, 1.807) is 6.07 Å². The maximum atomic E-state index is 14.7. The number of H-pyrrole nitrogens is 1. The molecule has 0 aliphatic heterocycles. The number of ether oxygens (including phenoxy) is 3. The summed E-state index contributed by atoms with van der Waals surface area (Å²) in [6.45, 7) is 0.353. The number of aromatic amines is 1. The monoisotopic (exact) mass is 364 g/mol. The SMILES string of the molecule is COCCOc1ccc(F)c(C(O)c2c[nH]c3ncc(OC)cc23)c1F. The highest BCUT2D eigenvalue weighted by Gasteiger charge is 2.25. The predicted molar refractivity (Wildman–Crippen MR) is 90.4 cm³/mol. The third-order valence-electron chi connectivity index (χ3n) is 3.98. The van der Waals surface area contributed by atoms with Gasteiger partial charge in [0.1, 0.15) is 29.9 Å². The summed E-state index contributed by atoms with van der Waals surface area (Å²) in [7, 11) is 2.96. The summed E-state index contributed by atoms with van der Waals surface area (Å²) in [6, 6.07) is 3.86. The first kappa shape index (κ1) is 18.1. The summed E-state index contributed by atoms with van der Waals surface area (Å²) >= 11 is 0. The van der Waals surface area contributed by atoms with Crippen LogP contribution >= 0.6 is 0 Å². The van der Waals surface area contributed by atoms with Gasteiger partial charge in [0.05, 0.1) is 25.5 Å². The van der Waals surface area contributed by atoms with Crippen LogP contribution < -0.4 is 9.47 Å². The molecule has 0 saturated heterocycles. The van der Waals surface area contributed by atoms with Gasteiger partial charge in [-0.25, -0.2) is 13.8 Å². The highest BCUT2D eigenvalue weighted by molar-refractivity contribution is 5.82. The molecule has 0 aliphatic carbocycles. The van der Waals surface area contributed by atoms with E-state index in [1.807, 2.05) is 0 Å². The van der Waals surface area contributed by atoms with Gasteiger partial charge in [0.2, 0.25) is 0 Å². The summed E-state index contributed by atoms with van der Waals surface area (Å²) in [5, 5.41) is 11.2. The van der Waals surface area contributed by atoms with E-state index in [0.29, 0.717) is 16.8 Å². The molecule has 2 heterocycles. The van der Waals surface area contributed by atoms with Gasteiger partial charge in [-0.2, -0.15) is 0 Å². The Kier molecular flexibility index (Phi) is 5.34. The van der Waals surface area contributed by atoms with E-state index in [-0.39, 0.29) is 24.5 Å². The van der Waals surface area contributed by atoms with Crippen LogP contribution in [0.15, 0.2) is 30.6 Å². The van der Waals surface area contributed by atoms with Crippen LogP contribution in [-0.2, 0) is 4.74 Å². The van der Waals surface area contributed by atoms with Gasteiger partial charge in [0.15, 0.2) is 11.6 Å². The number of nitrogens with zero attached hydrogens (tertiary/aromatic N) is 1. The lowest BCUT2D eigenvalue weighted by molar-refractivity contribution is 0.142. The molecule has 0 fully saturated rings. The Morgan fingerprint density at radius 3 is 2.77 bits per heavy atom. The molecular formula is C18H18F2N2O4. The molecule has 2 aromatic heterocycles. The average Bonchev–Trinajstić information content (AvgIpc) is 3.06. The molecule has 0 spiro atoms. The molecule has 0 bridgehead atoms. The molecule has 2 N–H and O–H groups in total. The van der Waals surface area contributed by atoms with Gasteiger partial charge in [-0.1, -0.05) is 0 Å². The van der Waals surface area contributed by atoms with Crippen molar-refractivity contribution >= 4 is 11.0 Å². The Hall–Kier alpha value is -2.71. The Morgan fingerprint density at radius 1 is 1.23 bits per heavy atom. The fourth-order valence-corrected chi connectivity index (χ4v) is 2.64. The van der Waals surface area contributed by atoms with E-state index in [0.717, 1.165) is 6.07 Å². The van der Waals surface area contributed by atoms with Crippen LogP contribution in [0.2, 0.25) is 0 Å². The lowest BCUT2D eigenvalue weighted by Crippen LogP contribution is -2.10. The molecule has 3 rings (SSSR count). The van der Waals surface area contributed by atoms with Crippen LogP contribution in [0.1, 0.15) is 17.2 Å². The smallest absolute Gasteiger partial charge is 0.174 e. The molecular weight excluding hydrogens is 346 g/mol. The number of halogens is 2. The van der Waals surface area contributed by atoms with Crippen LogP contribution in [0, 0.1) is 11.6 Å². The van der Waals surface area contributed by atoms with Crippen molar-refractivity contribution in [3.8, 4) is 11.5 Å². The first-order chi connectivity index (χ1) is 12.6. The van der Waals surface area contributed by atoms with Crippen molar-refractivity contribution < 1.29 is 28.1 Å². The van der Waals surface area contributed by atoms with E-state index >= 15 is 0 Å². The van der Waals surface area contributed by atoms with Crippen molar-refractivity contribution in [2.45, 2.75) is 6.10 Å². The average molecular weight is 364 g/mol. The highest BCUT2D eigenvalue weighted by atomic mass is 19.1. The molecule has 1 aromatic carbocycles. The lowest BCUT2D eigenvalue weighted by Gasteiger charge is -2.15. The van der Waals surface area contributed by atoms with Gasteiger partial charge >= 0.3 is 0 Å². The van der Waals surface area contributed by atoms with Gasteiger partial charge in [0.25, 0.3) is 0 Å². The second kappa shape index (κ2) is 7.67. The number of aliphatic hydroxyl groups is 1. The van der Waals surface area contributed by atoms with Crippen molar-refractivity contribution in [1.29, 1.82) is 0 Å². The summed E-state index contributed by atoms with van der Waals surface area (Å²) < 4.78 is 44.2. The zero-order chi connectivity index (χ0) is 18.7. The third-order valence-corrected chi connectivity index (χ3v) is 3.98. The normalized spacial score (nSPS) is 12.3. The topological polar surface area (TPSA) is 76.6 Å². The maximum absolute atomic E-state index is 14.7. The first-order valence-corrected chi connectivity index (χ1v) is 7.85. The Morgan fingerprint density at radius 2 is 2.04 bits per heavy atom. The zero-order valence-corrected chi connectivity index (χ0v) is 14.3. The van der Waals surface area contributed by atoms with Gasteiger partial charge < -0.3 is 24.3 Å². The fraction of sp³-hybridized carbons (Fsp3) is 0.278. The van der Waals surface area contributed by atoms with Crippen molar-refractivity contribution in [3.05, 3.63) is 53.4 Å². The summed E-state index contributed by atoms with van der Waals surface area (Å²) in [5.74, 6) is -1.53. The number of aliphatic hydroxyl groups excluding tert-OH is 1. The number of pyridine rings is 1. The van der Waals surface area contributed by atoms with E-state index in [2.05, 4.69) is 9.97 Å². The van der Waals surface area contributed by atoms with Gasteiger partial charge in [-0.05, 0) is 18.2 Å². The number of benzene rings is 1. The lowest BCUT2D eigenvalue weighted by atomic mass is 10.00. The number of hydrogen-bond acceptors (Lipinski definition) is 5. The van der Waals surface area contributed by atoms with Gasteiger partial charge in [-0.3, -0.25) is 0 Å². The van der Waals surface area contributed by atoms with Crippen LogP contribution in [0.4, 0.5) is 8.78 Å². The Balaban J connectivity index is 2.02. The molecule has 0 amide bonds. The molecule has 6 nitrogen and oxygen atoms in total. The molecule has 0 saturated carbocycles. The fourth-order valence-electron chi connectivity index (χ4n) is 2.64. The quantitative estimate of drug-likeness (QED) is 0.631. The zero-order valence-electron chi connectivity index (χ0n) is 14.3. The van der Waals surface area contributed by atoms with Crippen LogP contribution in [0.25, 0.3) is 11.0 Å². The number of rotatable bonds is 7. The Bertz CT molecular complexity index is 914. The molecule has 8 heteroatoms. The van der Waals surface area contributed by atoms with Crippen molar-refractivity contribution in [2.24, 2.45) is 0 Å². The van der Waals surface area contributed by atoms with Crippen molar-refractivity contribution in [1.82, 2.24) is 9.97 Å². The molecule has 0 radical (unpaired) electrons. The number of aromatic nitrogens is 2. The van der Waals surface area contributed by atoms with Crippen LogP contribution in [-0.4, -0.2) is 42.5 Å². The van der Waals surface area contributed by atoms with Crippen molar-refractivity contribution in [3.63, 3.8) is 0 Å². The van der Waals surface area contributed by atoms with Gasteiger partial charge in [0, 0.05) is 24.3 Å². The van der Waals surface area contributed by atoms with E-state index < -0.39 is 23.3 Å². The minimum atomic E-state index is -1.55. The first-order valence-electron chi connectivity index (χ1n) is 7.85. The molecule has 138 valence electrons. The largest absolute Gasteiger partial charge is 0.495 e. The second-order valence-electron chi connectivity index (χ2n) is 5.53. The second-order valence-corrected chi connectivity index (χ2v) is 5.53. The summed E-state index contributed by atoms with van der Waals surface area (Å²) in [4.78, 5) is 7.01. The number of fused-ring (bicyclic) bond motifs is 1. The van der Waals surface area contributed by atoms with E-state index in [1.165, 1.54) is 32.7 Å². The van der Waals surface area contributed by atoms with Gasteiger partial charge in [-0.15, -0.1) is 0 Å². The molecule has 0 aliphatic rings. The maximum Gasteiger partial charge on any atom is 0.174 e. The minimum Gasteiger partial charge on any atom is -0.495 e. The van der Waals surface area contributed by atoms with E-state index in [4.69, 9.17) is 14.2 Å². The number of hydrogen-bond donors (Lipinski definition) is 2.